The Balaban J connectivity index is 1.52. The van der Waals surface area contributed by atoms with Crippen molar-refractivity contribution in [2.45, 2.75) is 13.3 Å². The van der Waals surface area contributed by atoms with Crippen LogP contribution in [0.3, 0.4) is 0 Å². The lowest BCUT2D eigenvalue weighted by atomic mass is 10.1. The van der Waals surface area contributed by atoms with Crippen LogP contribution in [0.25, 0.3) is 0 Å². The minimum atomic E-state index is -0.164. The van der Waals surface area contributed by atoms with E-state index >= 15 is 0 Å². The van der Waals surface area contributed by atoms with Crippen LogP contribution in [0.4, 0.5) is 10.8 Å². The van der Waals surface area contributed by atoms with E-state index in [1.54, 1.807) is 5.38 Å². The molecule has 1 amide bonds. The number of thiazole rings is 1. The Hall–Kier alpha value is -2.37. The number of anilines is 2. The van der Waals surface area contributed by atoms with Gasteiger partial charge < -0.3 is 10.6 Å². The van der Waals surface area contributed by atoms with Crippen molar-refractivity contribution >= 4 is 39.7 Å². The second kappa shape index (κ2) is 8.14. The van der Waals surface area contributed by atoms with Gasteiger partial charge in [-0.05, 0) is 48.7 Å². The number of halogens is 1. The first-order valence-corrected chi connectivity index (χ1v) is 9.18. The first kappa shape index (κ1) is 17.5. The normalized spacial score (nSPS) is 10.5. The minimum absolute atomic E-state index is 0.164. The number of carbonyl (C=O) groups excluding carboxylic acids is 1. The maximum Gasteiger partial charge on any atom is 0.270 e. The SMILES string of the molecule is Cc1cccc(Nc2nc(C(=O)NCCc3ccc(Cl)cc3)cs2)c1. The molecule has 0 saturated carbocycles. The fourth-order valence-electron chi connectivity index (χ4n) is 2.34. The maximum absolute atomic E-state index is 12.2. The Kier molecular flexibility index (Phi) is 5.68. The molecular formula is C19H18ClN3OS. The summed E-state index contributed by atoms with van der Waals surface area (Å²) in [6.07, 6.45) is 0.751. The molecule has 0 spiro atoms. The number of nitrogens with zero attached hydrogens (tertiary/aromatic N) is 1. The molecule has 0 aliphatic heterocycles. The Morgan fingerprint density at radius 2 is 2.00 bits per heavy atom. The molecule has 2 aromatic carbocycles. The van der Waals surface area contributed by atoms with Crippen molar-refractivity contribution in [2.75, 3.05) is 11.9 Å². The largest absolute Gasteiger partial charge is 0.350 e. The van der Waals surface area contributed by atoms with Gasteiger partial charge in [0.05, 0.1) is 0 Å². The van der Waals surface area contributed by atoms with Crippen molar-refractivity contribution in [1.82, 2.24) is 10.3 Å². The van der Waals surface area contributed by atoms with Crippen molar-refractivity contribution < 1.29 is 4.79 Å². The highest BCUT2D eigenvalue weighted by Crippen LogP contribution is 2.21. The van der Waals surface area contributed by atoms with Crippen molar-refractivity contribution in [3.05, 3.63) is 75.8 Å². The summed E-state index contributed by atoms with van der Waals surface area (Å²) in [6, 6.07) is 15.6. The third kappa shape index (κ3) is 5.05. The molecule has 0 bridgehead atoms. The van der Waals surface area contributed by atoms with Crippen molar-refractivity contribution in [2.24, 2.45) is 0 Å². The van der Waals surface area contributed by atoms with E-state index < -0.39 is 0 Å². The standard InChI is InChI=1S/C19H18ClN3OS/c1-13-3-2-4-16(11-13)22-19-23-17(12-25-19)18(24)21-10-9-14-5-7-15(20)8-6-14/h2-8,11-12H,9-10H2,1H3,(H,21,24)(H,22,23). The molecule has 0 saturated heterocycles. The second-order valence-corrected chi connectivity index (χ2v) is 6.96. The van der Waals surface area contributed by atoms with E-state index in [1.165, 1.54) is 16.9 Å². The number of aryl methyl sites for hydroxylation is 1. The lowest BCUT2D eigenvalue weighted by molar-refractivity contribution is 0.0950. The van der Waals surface area contributed by atoms with Crippen LogP contribution in [-0.2, 0) is 6.42 Å². The number of hydrogen-bond donors (Lipinski definition) is 2. The Morgan fingerprint density at radius 3 is 2.76 bits per heavy atom. The molecule has 0 atom stereocenters. The summed E-state index contributed by atoms with van der Waals surface area (Å²) in [5.74, 6) is -0.164. The summed E-state index contributed by atoms with van der Waals surface area (Å²) in [5.41, 5.74) is 3.69. The highest BCUT2D eigenvalue weighted by molar-refractivity contribution is 7.14. The van der Waals surface area contributed by atoms with Gasteiger partial charge in [0.1, 0.15) is 5.69 Å². The fraction of sp³-hybridized carbons (Fsp3) is 0.158. The molecule has 2 N–H and O–H groups in total. The van der Waals surface area contributed by atoms with E-state index in [0.717, 1.165) is 17.7 Å². The fourth-order valence-corrected chi connectivity index (χ4v) is 3.18. The van der Waals surface area contributed by atoms with E-state index in [9.17, 15) is 4.79 Å². The molecule has 3 rings (SSSR count). The van der Waals surface area contributed by atoms with Crippen LogP contribution in [0.15, 0.2) is 53.9 Å². The number of hydrogen-bond acceptors (Lipinski definition) is 4. The number of benzene rings is 2. The van der Waals surface area contributed by atoms with Gasteiger partial charge in [0.25, 0.3) is 5.91 Å². The zero-order valence-corrected chi connectivity index (χ0v) is 15.3. The smallest absolute Gasteiger partial charge is 0.270 e. The van der Waals surface area contributed by atoms with Gasteiger partial charge in [0.2, 0.25) is 0 Å². The molecule has 0 aliphatic carbocycles. The predicted octanol–water partition coefficient (Wildman–Crippen LogP) is 4.82. The van der Waals surface area contributed by atoms with Gasteiger partial charge >= 0.3 is 0 Å². The molecule has 128 valence electrons. The number of aromatic nitrogens is 1. The van der Waals surface area contributed by atoms with Crippen LogP contribution in [0.2, 0.25) is 5.02 Å². The van der Waals surface area contributed by atoms with Crippen LogP contribution in [0, 0.1) is 6.92 Å². The van der Waals surface area contributed by atoms with Crippen molar-refractivity contribution in [3.8, 4) is 0 Å². The zero-order valence-electron chi connectivity index (χ0n) is 13.8. The van der Waals surface area contributed by atoms with Gasteiger partial charge in [0, 0.05) is 22.6 Å². The molecule has 1 aromatic heterocycles. The monoisotopic (exact) mass is 371 g/mol. The summed E-state index contributed by atoms with van der Waals surface area (Å²) >= 11 is 7.27. The molecule has 0 unspecified atom stereocenters. The number of carbonyl (C=O) groups is 1. The van der Waals surface area contributed by atoms with Gasteiger partial charge in [-0.25, -0.2) is 4.98 Å². The van der Waals surface area contributed by atoms with Gasteiger partial charge in [0.15, 0.2) is 5.13 Å². The van der Waals surface area contributed by atoms with Crippen molar-refractivity contribution in [1.29, 1.82) is 0 Å². The molecule has 0 fully saturated rings. The Morgan fingerprint density at radius 1 is 1.20 bits per heavy atom. The van der Waals surface area contributed by atoms with Gasteiger partial charge in [-0.2, -0.15) is 0 Å². The van der Waals surface area contributed by atoms with E-state index in [-0.39, 0.29) is 5.91 Å². The molecule has 25 heavy (non-hydrogen) atoms. The number of amides is 1. The average molecular weight is 372 g/mol. The maximum atomic E-state index is 12.2. The summed E-state index contributed by atoms with van der Waals surface area (Å²) in [7, 11) is 0. The number of nitrogens with one attached hydrogen (secondary N) is 2. The number of rotatable bonds is 6. The van der Waals surface area contributed by atoms with Crippen LogP contribution >= 0.6 is 22.9 Å². The summed E-state index contributed by atoms with van der Waals surface area (Å²) < 4.78 is 0. The van der Waals surface area contributed by atoms with E-state index in [4.69, 9.17) is 11.6 Å². The third-order valence-electron chi connectivity index (χ3n) is 3.62. The van der Waals surface area contributed by atoms with Crippen LogP contribution < -0.4 is 10.6 Å². The summed E-state index contributed by atoms with van der Waals surface area (Å²) in [5, 5.41) is 9.29. The molecule has 3 aromatic rings. The topological polar surface area (TPSA) is 54.0 Å². The summed E-state index contributed by atoms with van der Waals surface area (Å²) in [6.45, 7) is 2.59. The molecule has 1 heterocycles. The van der Waals surface area contributed by atoms with E-state index in [2.05, 4.69) is 15.6 Å². The van der Waals surface area contributed by atoms with Crippen LogP contribution in [-0.4, -0.2) is 17.4 Å². The second-order valence-electron chi connectivity index (χ2n) is 5.66. The Labute approximate surface area is 155 Å². The highest BCUT2D eigenvalue weighted by Gasteiger charge is 2.10. The summed E-state index contributed by atoms with van der Waals surface area (Å²) in [4.78, 5) is 16.5. The minimum Gasteiger partial charge on any atom is -0.350 e. The first-order valence-electron chi connectivity index (χ1n) is 7.92. The third-order valence-corrected chi connectivity index (χ3v) is 4.63. The quantitative estimate of drug-likeness (QED) is 0.653. The lowest BCUT2D eigenvalue weighted by Gasteiger charge is -2.04. The first-order chi connectivity index (χ1) is 12.1. The molecular weight excluding hydrogens is 354 g/mol. The predicted molar refractivity (Wildman–Crippen MR) is 104 cm³/mol. The van der Waals surface area contributed by atoms with Crippen LogP contribution in [0.1, 0.15) is 21.6 Å². The molecule has 4 nitrogen and oxygen atoms in total. The van der Waals surface area contributed by atoms with Gasteiger partial charge in [-0.1, -0.05) is 35.9 Å². The highest BCUT2D eigenvalue weighted by atomic mass is 35.5. The van der Waals surface area contributed by atoms with E-state index in [0.29, 0.717) is 22.4 Å². The molecule has 6 heteroatoms. The van der Waals surface area contributed by atoms with E-state index in [1.807, 2.05) is 55.5 Å². The Bertz CT molecular complexity index is 861. The van der Waals surface area contributed by atoms with Crippen LogP contribution in [0.5, 0.6) is 0 Å². The van der Waals surface area contributed by atoms with Crippen molar-refractivity contribution in [3.63, 3.8) is 0 Å². The van der Waals surface area contributed by atoms with Gasteiger partial charge in [-0.15, -0.1) is 11.3 Å². The average Bonchev–Trinajstić information content (AvgIpc) is 3.05. The van der Waals surface area contributed by atoms with Gasteiger partial charge in [-0.3, -0.25) is 4.79 Å². The lowest BCUT2D eigenvalue weighted by Crippen LogP contribution is -2.25. The molecule has 0 aliphatic rings. The zero-order chi connectivity index (χ0) is 17.6. The molecule has 0 radical (unpaired) electrons.